The summed E-state index contributed by atoms with van der Waals surface area (Å²) < 4.78 is 23.9. The van der Waals surface area contributed by atoms with E-state index in [2.05, 4.69) is 10.3 Å². The van der Waals surface area contributed by atoms with Crippen molar-refractivity contribution in [3.05, 3.63) is 71.9 Å². The molecular formula is C23H20N2O4S. The predicted molar refractivity (Wildman–Crippen MR) is 112 cm³/mol. The number of carbonyl (C=O) groups is 1. The highest BCUT2D eigenvalue weighted by molar-refractivity contribution is 7.85. The fourth-order valence-corrected chi connectivity index (χ4v) is 4.70. The van der Waals surface area contributed by atoms with Gasteiger partial charge in [0.1, 0.15) is 10.8 Å². The van der Waals surface area contributed by atoms with Gasteiger partial charge in [-0.05, 0) is 61.7 Å². The number of hydrogen-bond acceptors (Lipinski definition) is 5. The van der Waals surface area contributed by atoms with Crippen molar-refractivity contribution in [3.8, 4) is 11.5 Å². The lowest BCUT2D eigenvalue weighted by atomic mass is 9.94. The van der Waals surface area contributed by atoms with E-state index < -0.39 is 16.2 Å². The summed E-state index contributed by atoms with van der Waals surface area (Å²) in [7, 11) is -1.50. The second kappa shape index (κ2) is 7.25. The standard InChI is InChI=1S/C23H20N2O4S/c1-15-4-7-17(8-5-15)30(27)21-18(3-2-12-24-21)25-22(26)23(10-11-23)16-6-9-19-20(13-16)29-14-28-19/h2-9,12-13H,10-11,14H2,1H3,(H,25,26). The summed E-state index contributed by atoms with van der Waals surface area (Å²) in [6.07, 6.45) is 3.08. The fraction of sp³-hybridized carbons (Fsp3) is 0.217. The summed E-state index contributed by atoms with van der Waals surface area (Å²) in [5.74, 6) is 1.23. The summed E-state index contributed by atoms with van der Waals surface area (Å²) >= 11 is 0. The average molecular weight is 420 g/mol. The third kappa shape index (κ3) is 3.25. The SMILES string of the molecule is Cc1ccc(S(=O)c2ncccc2NC(=O)C2(c3ccc4c(c3)OCO4)CC2)cc1. The van der Waals surface area contributed by atoms with Crippen molar-refractivity contribution >= 4 is 22.4 Å². The lowest BCUT2D eigenvalue weighted by molar-refractivity contribution is -0.118. The van der Waals surface area contributed by atoms with Gasteiger partial charge in [-0.2, -0.15) is 0 Å². The van der Waals surface area contributed by atoms with Crippen molar-refractivity contribution in [3.63, 3.8) is 0 Å². The van der Waals surface area contributed by atoms with Crippen LogP contribution >= 0.6 is 0 Å². The van der Waals surface area contributed by atoms with E-state index in [0.29, 0.717) is 27.1 Å². The van der Waals surface area contributed by atoms with Crippen molar-refractivity contribution in [1.29, 1.82) is 0 Å². The monoisotopic (exact) mass is 420 g/mol. The molecule has 0 bridgehead atoms. The van der Waals surface area contributed by atoms with Crippen LogP contribution in [-0.4, -0.2) is 21.9 Å². The Balaban J connectivity index is 1.42. The number of pyridine rings is 1. The van der Waals surface area contributed by atoms with Gasteiger partial charge in [0.25, 0.3) is 0 Å². The third-order valence-corrected chi connectivity index (χ3v) is 6.92. The van der Waals surface area contributed by atoms with E-state index in [-0.39, 0.29) is 12.7 Å². The summed E-state index contributed by atoms with van der Waals surface area (Å²) in [6, 6.07) is 16.6. The number of anilines is 1. The van der Waals surface area contributed by atoms with Gasteiger partial charge in [-0.3, -0.25) is 4.79 Å². The lowest BCUT2D eigenvalue weighted by Gasteiger charge is -2.17. The second-order valence-corrected chi connectivity index (χ2v) is 8.94. The topological polar surface area (TPSA) is 77.5 Å². The van der Waals surface area contributed by atoms with E-state index in [1.165, 1.54) is 0 Å². The number of rotatable bonds is 5. The van der Waals surface area contributed by atoms with Gasteiger partial charge >= 0.3 is 0 Å². The molecule has 0 saturated heterocycles. The number of aryl methyl sites for hydroxylation is 1. The first kappa shape index (κ1) is 18.8. The second-order valence-electron chi connectivity index (χ2n) is 7.54. The Hall–Kier alpha value is -3.19. The van der Waals surface area contributed by atoms with Crippen LogP contribution in [0, 0.1) is 6.92 Å². The van der Waals surface area contributed by atoms with Crippen molar-refractivity contribution in [2.45, 2.75) is 35.1 Å². The molecule has 2 heterocycles. The number of amides is 1. The molecule has 7 heteroatoms. The molecule has 3 aromatic rings. The molecule has 1 unspecified atom stereocenters. The number of fused-ring (bicyclic) bond motifs is 1. The summed E-state index contributed by atoms with van der Waals surface area (Å²) in [5.41, 5.74) is 1.84. The maximum absolute atomic E-state index is 13.2. The number of nitrogens with one attached hydrogen (secondary N) is 1. The molecule has 1 atom stereocenters. The van der Waals surface area contributed by atoms with E-state index >= 15 is 0 Å². The van der Waals surface area contributed by atoms with Crippen molar-refractivity contribution in [2.75, 3.05) is 12.1 Å². The van der Waals surface area contributed by atoms with Gasteiger partial charge in [0.15, 0.2) is 16.5 Å². The predicted octanol–water partition coefficient (Wildman–Crippen LogP) is 3.96. The highest BCUT2D eigenvalue weighted by atomic mass is 32.2. The van der Waals surface area contributed by atoms with Crippen LogP contribution in [-0.2, 0) is 21.0 Å². The van der Waals surface area contributed by atoms with Crippen molar-refractivity contribution in [1.82, 2.24) is 4.98 Å². The first-order valence-electron chi connectivity index (χ1n) is 9.72. The van der Waals surface area contributed by atoms with Gasteiger partial charge in [-0.1, -0.05) is 23.8 Å². The zero-order valence-corrected chi connectivity index (χ0v) is 17.2. The molecule has 1 fully saturated rings. The first-order chi connectivity index (χ1) is 14.6. The van der Waals surface area contributed by atoms with Crippen LogP contribution in [0.3, 0.4) is 0 Å². The largest absolute Gasteiger partial charge is 0.454 e. The third-order valence-electron chi connectivity index (χ3n) is 5.54. The smallest absolute Gasteiger partial charge is 0.235 e. The lowest BCUT2D eigenvalue weighted by Crippen LogP contribution is -2.28. The van der Waals surface area contributed by atoms with Crippen molar-refractivity contribution in [2.24, 2.45) is 0 Å². The minimum atomic E-state index is -1.50. The molecule has 0 spiro atoms. The number of aromatic nitrogens is 1. The van der Waals surface area contributed by atoms with E-state index in [1.807, 2.05) is 49.4 Å². The molecule has 1 saturated carbocycles. The van der Waals surface area contributed by atoms with E-state index in [4.69, 9.17) is 9.47 Å². The van der Waals surface area contributed by atoms with Crippen LogP contribution in [0.15, 0.2) is 70.7 Å². The van der Waals surface area contributed by atoms with Crippen LogP contribution in [0.2, 0.25) is 0 Å². The minimum Gasteiger partial charge on any atom is -0.454 e. The Bertz CT molecular complexity index is 1160. The average Bonchev–Trinajstić information content (AvgIpc) is 3.45. The molecule has 6 nitrogen and oxygen atoms in total. The molecule has 2 aromatic carbocycles. The first-order valence-corrected chi connectivity index (χ1v) is 10.9. The number of hydrogen-bond donors (Lipinski definition) is 1. The molecule has 5 rings (SSSR count). The quantitative estimate of drug-likeness (QED) is 0.676. The Kier molecular flexibility index (Phi) is 4.55. The Morgan fingerprint density at radius 2 is 1.83 bits per heavy atom. The molecule has 1 aliphatic heterocycles. The minimum absolute atomic E-state index is 0.128. The maximum atomic E-state index is 13.2. The van der Waals surface area contributed by atoms with E-state index in [1.54, 1.807) is 18.3 Å². The highest BCUT2D eigenvalue weighted by Gasteiger charge is 2.52. The zero-order chi connectivity index (χ0) is 20.7. The normalized spacial score (nSPS) is 16.7. The zero-order valence-electron chi connectivity index (χ0n) is 16.4. The van der Waals surface area contributed by atoms with Gasteiger partial charge in [0.05, 0.1) is 11.1 Å². The van der Waals surface area contributed by atoms with Gasteiger partial charge in [-0.15, -0.1) is 0 Å². The summed E-state index contributed by atoms with van der Waals surface area (Å²) in [5, 5.41) is 3.32. The Morgan fingerprint density at radius 1 is 1.07 bits per heavy atom. The molecule has 1 aliphatic carbocycles. The van der Waals surface area contributed by atoms with Crippen LogP contribution in [0.5, 0.6) is 11.5 Å². The van der Waals surface area contributed by atoms with Crippen LogP contribution in [0.25, 0.3) is 0 Å². The van der Waals surface area contributed by atoms with Gasteiger partial charge in [0.2, 0.25) is 12.7 Å². The Labute approximate surface area is 176 Å². The molecule has 30 heavy (non-hydrogen) atoms. The molecular weight excluding hydrogens is 400 g/mol. The number of benzene rings is 2. The van der Waals surface area contributed by atoms with Crippen molar-refractivity contribution < 1.29 is 18.5 Å². The van der Waals surface area contributed by atoms with E-state index in [0.717, 1.165) is 24.0 Å². The number of ether oxygens (including phenoxy) is 2. The highest BCUT2D eigenvalue weighted by Crippen LogP contribution is 2.51. The fourth-order valence-electron chi connectivity index (χ4n) is 3.62. The van der Waals surface area contributed by atoms with Crippen LogP contribution in [0.4, 0.5) is 5.69 Å². The van der Waals surface area contributed by atoms with Crippen LogP contribution in [0.1, 0.15) is 24.0 Å². The molecule has 1 aromatic heterocycles. The van der Waals surface area contributed by atoms with Gasteiger partial charge in [0, 0.05) is 11.1 Å². The Morgan fingerprint density at radius 3 is 2.60 bits per heavy atom. The summed E-state index contributed by atoms with van der Waals surface area (Å²) in [6.45, 7) is 2.17. The number of carbonyl (C=O) groups excluding carboxylic acids is 1. The molecule has 2 aliphatic rings. The van der Waals surface area contributed by atoms with Gasteiger partial charge < -0.3 is 14.8 Å². The van der Waals surface area contributed by atoms with Crippen LogP contribution < -0.4 is 14.8 Å². The molecule has 0 radical (unpaired) electrons. The van der Waals surface area contributed by atoms with Gasteiger partial charge in [-0.25, -0.2) is 9.19 Å². The summed E-state index contributed by atoms with van der Waals surface area (Å²) in [4.78, 5) is 18.2. The maximum Gasteiger partial charge on any atom is 0.235 e. The molecule has 152 valence electrons. The molecule has 1 N–H and O–H groups in total. The van der Waals surface area contributed by atoms with E-state index in [9.17, 15) is 9.00 Å². The molecule has 1 amide bonds. The number of nitrogens with zero attached hydrogens (tertiary/aromatic N) is 1.